The highest BCUT2D eigenvalue weighted by molar-refractivity contribution is 9.10. The molecule has 1 aliphatic rings. The number of pyridine rings is 1. The Labute approximate surface area is 132 Å². The van der Waals surface area contributed by atoms with E-state index in [1.807, 2.05) is 30.5 Å². The maximum atomic E-state index is 10.1. The van der Waals surface area contributed by atoms with Crippen molar-refractivity contribution < 1.29 is 9.84 Å². The number of rotatable bonds is 3. The third-order valence-corrected chi connectivity index (χ3v) is 4.21. The quantitative estimate of drug-likeness (QED) is 0.925. The number of anilines is 1. The summed E-state index contributed by atoms with van der Waals surface area (Å²) in [5.41, 5.74) is 2.15. The van der Waals surface area contributed by atoms with E-state index in [0.717, 1.165) is 21.5 Å². The summed E-state index contributed by atoms with van der Waals surface area (Å²) >= 11 is 3.45. The van der Waals surface area contributed by atoms with E-state index in [4.69, 9.17) is 4.74 Å². The Hall–Kier alpha value is -1.59. The van der Waals surface area contributed by atoms with Crippen molar-refractivity contribution in [3.05, 3.63) is 52.8 Å². The molecule has 2 unspecified atom stereocenters. The smallest absolute Gasteiger partial charge is 0.119 e. The number of β-amino-alcohol motifs (C(OH)–C–C–N with tert-alkyl or cyclic N) is 1. The maximum absolute atomic E-state index is 10.1. The Bertz CT molecular complexity index is 635. The molecule has 2 aromatic rings. The molecule has 1 aliphatic heterocycles. The van der Waals surface area contributed by atoms with Gasteiger partial charge in [-0.05, 0) is 46.1 Å². The lowest BCUT2D eigenvalue weighted by Gasteiger charge is -2.27. The van der Waals surface area contributed by atoms with Crippen LogP contribution < -0.4 is 9.64 Å². The molecule has 2 heterocycles. The molecule has 110 valence electrons. The molecular formula is C16H17BrN2O2. The van der Waals surface area contributed by atoms with Gasteiger partial charge in [0.25, 0.3) is 0 Å². The predicted octanol–water partition coefficient (Wildman–Crippen LogP) is 3.17. The first-order valence-corrected chi connectivity index (χ1v) is 7.66. The van der Waals surface area contributed by atoms with Gasteiger partial charge in [0.2, 0.25) is 0 Å². The molecule has 2 atom stereocenters. The number of nitrogens with zero attached hydrogens (tertiary/aromatic N) is 2. The molecule has 3 rings (SSSR count). The van der Waals surface area contributed by atoms with Gasteiger partial charge in [-0.2, -0.15) is 0 Å². The zero-order valence-electron chi connectivity index (χ0n) is 11.7. The van der Waals surface area contributed by atoms with Crippen molar-refractivity contribution in [2.24, 2.45) is 0 Å². The van der Waals surface area contributed by atoms with E-state index in [2.05, 4.69) is 31.9 Å². The van der Waals surface area contributed by atoms with Gasteiger partial charge in [0.15, 0.2) is 0 Å². The zero-order chi connectivity index (χ0) is 14.8. The second kappa shape index (κ2) is 6.03. The largest absolute Gasteiger partial charge is 0.497 e. The molecule has 0 radical (unpaired) electrons. The van der Waals surface area contributed by atoms with Crippen LogP contribution in [0.1, 0.15) is 18.0 Å². The first-order chi connectivity index (χ1) is 10.2. The number of ether oxygens (including phenoxy) is 1. The number of hydrogen-bond acceptors (Lipinski definition) is 4. The molecule has 1 fully saturated rings. The summed E-state index contributed by atoms with van der Waals surface area (Å²) < 4.78 is 6.24. The van der Waals surface area contributed by atoms with E-state index in [9.17, 15) is 5.11 Å². The van der Waals surface area contributed by atoms with Crippen LogP contribution in [0.5, 0.6) is 5.75 Å². The van der Waals surface area contributed by atoms with E-state index in [1.54, 1.807) is 13.3 Å². The number of hydrogen-bond donors (Lipinski definition) is 1. The molecule has 1 aromatic heterocycles. The van der Waals surface area contributed by atoms with Crippen LogP contribution in [0.15, 0.2) is 47.2 Å². The Morgan fingerprint density at radius 3 is 2.95 bits per heavy atom. The number of aliphatic hydroxyl groups excluding tert-OH is 1. The van der Waals surface area contributed by atoms with Crippen LogP contribution in [-0.4, -0.2) is 29.8 Å². The van der Waals surface area contributed by atoms with E-state index < -0.39 is 0 Å². The van der Waals surface area contributed by atoms with E-state index in [-0.39, 0.29) is 12.1 Å². The minimum atomic E-state index is -0.333. The number of benzene rings is 1. The minimum absolute atomic E-state index is 0.131. The monoisotopic (exact) mass is 348 g/mol. The van der Waals surface area contributed by atoms with Gasteiger partial charge in [-0.15, -0.1) is 0 Å². The molecule has 21 heavy (non-hydrogen) atoms. The number of methoxy groups -OCH3 is 1. The minimum Gasteiger partial charge on any atom is -0.497 e. The third-order valence-electron chi connectivity index (χ3n) is 3.78. The highest BCUT2D eigenvalue weighted by Crippen LogP contribution is 2.37. The number of halogens is 1. The summed E-state index contributed by atoms with van der Waals surface area (Å²) in [6.07, 6.45) is 3.96. The average Bonchev–Trinajstić information content (AvgIpc) is 2.89. The zero-order valence-corrected chi connectivity index (χ0v) is 13.3. The van der Waals surface area contributed by atoms with Crippen LogP contribution in [0.25, 0.3) is 0 Å². The highest BCUT2D eigenvalue weighted by Gasteiger charge is 2.32. The normalized spacial score (nSPS) is 21.6. The Kier molecular flexibility index (Phi) is 4.12. The first-order valence-electron chi connectivity index (χ1n) is 6.86. The van der Waals surface area contributed by atoms with Gasteiger partial charge in [0.05, 0.1) is 31.1 Å². The van der Waals surface area contributed by atoms with E-state index >= 15 is 0 Å². The summed E-state index contributed by atoms with van der Waals surface area (Å²) in [4.78, 5) is 6.41. The van der Waals surface area contributed by atoms with Gasteiger partial charge in [-0.3, -0.25) is 4.98 Å². The number of aromatic nitrogens is 1. The molecule has 0 saturated carbocycles. The molecule has 1 aromatic carbocycles. The molecule has 1 saturated heterocycles. The Balaban J connectivity index is 1.95. The van der Waals surface area contributed by atoms with Crippen molar-refractivity contribution in [1.29, 1.82) is 0 Å². The standard InChI is InChI=1S/C16H17BrN2O2/c1-21-15-4-2-3-11(5-15)16-7-14(20)10-19(16)13-6-12(17)8-18-9-13/h2-6,8-9,14,16,20H,7,10H2,1H3. The Morgan fingerprint density at radius 2 is 2.19 bits per heavy atom. The third kappa shape index (κ3) is 3.04. The highest BCUT2D eigenvalue weighted by atomic mass is 79.9. The Morgan fingerprint density at radius 1 is 1.33 bits per heavy atom. The van der Waals surface area contributed by atoms with Crippen molar-refractivity contribution in [3.8, 4) is 5.75 Å². The molecule has 0 amide bonds. The maximum Gasteiger partial charge on any atom is 0.119 e. The van der Waals surface area contributed by atoms with E-state index in [1.165, 1.54) is 0 Å². The first kappa shape index (κ1) is 14.4. The lowest BCUT2D eigenvalue weighted by Crippen LogP contribution is -2.24. The van der Waals surface area contributed by atoms with Crippen molar-refractivity contribution in [2.45, 2.75) is 18.6 Å². The van der Waals surface area contributed by atoms with Crippen molar-refractivity contribution >= 4 is 21.6 Å². The second-order valence-electron chi connectivity index (χ2n) is 5.20. The van der Waals surface area contributed by atoms with Crippen LogP contribution in [0.3, 0.4) is 0 Å². The summed E-state index contributed by atoms with van der Waals surface area (Å²) in [5.74, 6) is 0.834. The van der Waals surface area contributed by atoms with Crippen LogP contribution in [0, 0.1) is 0 Å². The second-order valence-corrected chi connectivity index (χ2v) is 6.11. The molecule has 0 bridgehead atoms. The fraction of sp³-hybridized carbons (Fsp3) is 0.312. The van der Waals surface area contributed by atoms with E-state index in [0.29, 0.717) is 13.0 Å². The van der Waals surface area contributed by atoms with Crippen LogP contribution in [-0.2, 0) is 0 Å². The fourth-order valence-electron chi connectivity index (χ4n) is 2.82. The lowest BCUT2D eigenvalue weighted by atomic mass is 10.0. The van der Waals surface area contributed by atoms with Crippen LogP contribution >= 0.6 is 15.9 Å². The molecule has 0 aliphatic carbocycles. The van der Waals surface area contributed by atoms with Gasteiger partial charge in [-0.1, -0.05) is 12.1 Å². The van der Waals surface area contributed by atoms with Crippen LogP contribution in [0.4, 0.5) is 5.69 Å². The van der Waals surface area contributed by atoms with Crippen molar-refractivity contribution in [2.75, 3.05) is 18.6 Å². The fourth-order valence-corrected chi connectivity index (χ4v) is 3.17. The van der Waals surface area contributed by atoms with Crippen LogP contribution in [0.2, 0.25) is 0 Å². The number of aliphatic hydroxyl groups is 1. The van der Waals surface area contributed by atoms with Gasteiger partial charge < -0.3 is 14.7 Å². The summed E-state index contributed by atoms with van der Waals surface area (Å²) in [6, 6.07) is 10.2. The predicted molar refractivity (Wildman–Crippen MR) is 85.6 cm³/mol. The molecular weight excluding hydrogens is 332 g/mol. The summed E-state index contributed by atoms with van der Waals surface area (Å²) in [7, 11) is 1.67. The molecule has 5 heteroatoms. The summed E-state index contributed by atoms with van der Waals surface area (Å²) in [6.45, 7) is 0.611. The summed E-state index contributed by atoms with van der Waals surface area (Å²) in [5, 5.41) is 10.1. The molecule has 0 spiro atoms. The van der Waals surface area contributed by atoms with Crippen molar-refractivity contribution in [1.82, 2.24) is 4.98 Å². The molecule has 4 nitrogen and oxygen atoms in total. The average molecular weight is 349 g/mol. The van der Waals surface area contributed by atoms with Gasteiger partial charge in [-0.25, -0.2) is 0 Å². The van der Waals surface area contributed by atoms with Gasteiger partial charge in [0.1, 0.15) is 5.75 Å². The van der Waals surface area contributed by atoms with Gasteiger partial charge in [0, 0.05) is 17.2 Å². The van der Waals surface area contributed by atoms with Gasteiger partial charge >= 0.3 is 0 Å². The SMILES string of the molecule is COc1cccc(C2CC(O)CN2c2cncc(Br)c2)c1. The topological polar surface area (TPSA) is 45.6 Å². The van der Waals surface area contributed by atoms with Crippen molar-refractivity contribution in [3.63, 3.8) is 0 Å². The lowest BCUT2D eigenvalue weighted by molar-refractivity contribution is 0.194. The molecule has 1 N–H and O–H groups in total.